The molecule has 0 unspecified atom stereocenters. The lowest BCUT2D eigenvalue weighted by Gasteiger charge is -2.01. The lowest BCUT2D eigenvalue weighted by Crippen LogP contribution is -2.09. The van der Waals surface area contributed by atoms with E-state index in [1.807, 2.05) is 20.2 Å². The molecule has 1 amide bonds. The molecule has 0 rings (SSSR count). The van der Waals surface area contributed by atoms with Gasteiger partial charge in [-0.25, -0.2) is 0 Å². The van der Waals surface area contributed by atoms with Crippen LogP contribution in [0.25, 0.3) is 0 Å². The molecule has 0 aliphatic carbocycles. The molecule has 0 atom stereocenters. The highest BCUT2D eigenvalue weighted by molar-refractivity contribution is 5.84. The molecule has 2 N–H and O–H groups in total. The van der Waals surface area contributed by atoms with Crippen molar-refractivity contribution in [1.29, 1.82) is 0 Å². The minimum absolute atomic E-state index is 0.481. The van der Waals surface area contributed by atoms with Gasteiger partial charge in [0.1, 0.15) is 0 Å². The largest absolute Gasteiger partial charge is 0.366 e. The molecule has 0 heterocycles. The Labute approximate surface area is 68.2 Å². The van der Waals surface area contributed by atoms with Crippen molar-refractivity contribution in [3.63, 3.8) is 0 Å². The van der Waals surface area contributed by atoms with Gasteiger partial charge in [-0.15, -0.1) is 6.58 Å². The van der Waals surface area contributed by atoms with Crippen LogP contribution in [0.4, 0.5) is 0 Å². The monoisotopic (exact) mass is 156 g/mol. The van der Waals surface area contributed by atoms with E-state index in [4.69, 9.17) is 0 Å². The van der Waals surface area contributed by atoms with Gasteiger partial charge in [-0.3, -0.25) is 4.79 Å². The fourth-order valence-corrected chi connectivity index (χ4v) is 0.258. The second kappa shape index (κ2) is 8.91. The van der Waals surface area contributed by atoms with Crippen LogP contribution in [0.15, 0.2) is 25.3 Å². The van der Waals surface area contributed by atoms with E-state index in [1.54, 1.807) is 0 Å². The van der Waals surface area contributed by atoms with Crippen LogP contribution in [0.2, 0.25) is 0 Å². The lowest BCUT2D eigenvalue weighted by atomic mass is 10.6. The number of primary amides is 1. The standard InChI is InChI=1S/C5H11N.C3H5NO/c1-4-5-6(2)3;1-2-3(4)5/h4H,1,5H2,2-3H3;2H,1H2,(H2,4,5). The van der Waals surface area contributed by atoms with Crippen molar-refractivity contribution in [3.05, 3.63) is 25.3 Å². The van der Waals surface area contributed by atoms with Gasteiger partial charge in [-0.1, -0.05) is 12.7 Å². The molecule has 0 aromatic heterocycles. The highest BCUT2D eigenvalue weighted by Gasteiger charge is 1.75. The van der Waals surface area contributed by atoms with E-state index in [0.717, 1.165) is 12.6 Å². The average Bonchev–Trinajstić information content (AvgIpc) is 1.89. The zero-order valence-corrected chi connectivity index (χ0v) is 7.21. The Morgan fingerprint density at radius 2 is 1.91 bits per heavy atom. The smallest absolute Gasteiger partial charge is 0.240 e. The number of hydrogen-bond donors (Lipinski definition) is 1. The molecular weight excluding hydrogens is 140 g/mol. The number of rotatable bonds is 3. The minimum atomic E-state index is -0.481. The molecule has 0 fully saturated rings. The van der Waals surface area contributed by atoms with Gasteiger partial charge in [0, 0.05) is 6.54 Å². The quantitative estimate of drug-likeness (QED) is 0.474. The predicted molar refractivity (Wildman–Crippen MR) is 48.1 cm³/mol. The zero-order chi connectivity index (χ0) is 9.28. The van der Waals surface area contributed by atoms with Crippen molar-refractivity contribution < 1.29 is 4.79 Å². The molecule has 0 aromatic rings. The van der Waals surface area contributed by atoms with Crippen molar-refractivity contribution in [2.24, 2.45) is 5.73 Å². The molecule has 0 saturated carbocycles. The second-order valence-corrected chi connectivity index (χ2v) is 2.16. The molecule has 0 saturated heterocycles. The Kier molecular flexibility index (Phi) is 10.2. The van der Waals surface area contributed by atoms with Crippen molar-refractivity contribution in [2.45, 2.75) is 0 Å². The summed E-state index contributed by atoms with van der Waals surface area (Å²) in [6.45, 7) is 7.62. The van der Waals surface area contributed by atoms with Crippen molar-refractivity contribution in [3.8, 4) is 0 Å². The first-order chi connectivity index (χ1) is 5.04. The van der Waals surface area contributed by atoms with Gasteiger partial charge in [0.2, 0.25) is 5.91 Å². The summed E-state index contributed by atoms with van der Waals surface area (Å²) in [6.07, 6.45) is 2.93. The average molecular weight is 156 g/mol. The van der Waals surface area contributed by atoms with Crippen LogP contribution in [-0.2, 0) is 4.79 Å². The van der Waals surface area contributed by atoms with Gasteiger partial charge in [0.15, 0.2) is 0 Å². The third kappa shape index (κ3) is 27.8. The fourth-order valence-electron chi connectivity index (χ4n) is 0.258. The van der Waals surface area contributed by atoms with E-state index < -0.39 is 5.91 Å². The number of nitrogens with two attached hydrogens (primary N) is 1. The fraction of sp³-hybridized carbons (Fsp3) is 0.375. The highest BCUT2D eigenvalue weighted by Crippen LogP contribution is 1.69. The van der Waals surface area contributed by atoms with Crippen LogP contribution in [0, 0.1) is 0 Å². The topological polar surface area (TPSA) is 46.3 Å². The van der Waals surface area contributed by atoms with E-state index in [1.165, 1.54) is 0 Å². The summed E-state index contributed by atoms with van der Waals surface area (Å²) < 4.78 is 0. The summed E-state index contributed by atoms with van der Waals surface area (Å²) in [5.41, 5.74) is 4.53. The maximum absolute atomic E-state index is 9.47. The molecular formula is C8H16N2O. The summed E-state index contributed by atoms with van der Waals surface area (Å²) in [5, 5.41) is 0. The minimum Gasteiger partial charge on any atom is -0.366 e. The Balaban J connectivity index is 0. The highest BCUT2D eigenvalue weighted by atomic mass is 16.1. The van der Waals surface area contributed by atoms with Crippen molar-refractivity contribution in [1.82, 2.24) is 4.90 Å². The van der Waals surface area contributed by atoms with Gasteiger partial charge in [-0.05, 0) is 20.2 Å². The maximum atomic E-state index is 9.47. The van der Waals surface area contributed by atoms with E-state index >= 15 is 0 Å². The summed E-state index contributed by atoms with van der Waals surface area (Å²) >= 11 is 0. The van der Waals surface area contributed by atoms with E-state index in [-0.39, 0.29) is 0 Å². The van der Waals surface area contributed by atoms with Gasteiger partial charge in [0.05, 0.1) is 0 Å². The number of carbonyl (C=O) groups is 1. The van der Waals surface area contributed by atoms with Gasteiger partial charge >= 0.3 is 0 Å². The number of amides is 1. The first kappa shape index (κ1) is 12.6. The molecule has 0 spiro atoms. The number of hydrogen-bond acceptors (Lipinski definition) is 2. The Morgan fingerprint density at radius 1 is 1.55 bits per heavy atom. The normalized spacial score (nSPS) is 7.91. The van der Waals surface area contributed by atoms with Crippen LogP contribution < -0.4 is 5.73 Å². The van der Waals surface area contributed by atoms with Gasteiger partial charge < -0.3 is 10.6 Å². The van der Waals surface area contributed by atoms with Crippen LogP contribution >= 0.6 is 0 Å². The summed E-state index contributed by atoms with van der Waals surface area (Å²) in [5.74, 6) is -0.481. The Morgan fingerprint density at radius 3 is 1.91 bits per heavy atom. The van der Waals surface area contributed by atoms with Gasteiger partial charge in [0.25, 0.3) is 0 Å². The van der Waals surface area contributed by atoms with E-state index in [0.29, 0.717) is 0 Å². The van der Waals surface area contributed by atoms with Crippen molar-refractivity contribution >= 4 is 5.91 Å². The molecule has 0 aliphatic heterocycles. The predicted octanol–water partition coefficient (Wildman–Crippen LogP) is 0.392. The first-order valence-corrected chi connectivity index (χ1v) is 3.22. The third-order valence-corrected chi connectivity index (χ3v) is 0.695. The molecule has 0 aliphatic rings. The van der Waals surface area contributed by atoms with Crippen LogP contribution in [0.1, 0.15) is 0 Å². The molecule has 0 aromatic carbocycles. The Bertz CT molecular complexity index is 130. The van der Waals surface area contributed by atoms with Gasteiger partial charge in [-0.2, -0.15) is 0 Å². The summed E-state index contributed by atoms with van der Waals surface area (Å²) in [7, 11) is 4.03. The SMILES string of the molecule is C=CC(N)=O.C=CCN(C)C. The maximum Gasteiger partial charge on any atom is 0.240 e. The molecule has 3 heteroatoms. The van der Waals surface area contributed by atoms with Crippen LogP contribution in [0.5, 0.6) is 0 Å². The first-order valence-electron chi connectivity index (χ1n) is 3.22. The Hall–Kier alpha value is -1.09. The summed E-state index contributed by atoms with van der Waals surface area (Å²) in [4.78, 5) is 11.5. The van der Waals surface area contributed by atoms with E-state index in [9.17, 15) is 4.79 Å². The lowest BCUT2D eigenvalue weighted by molar-refractivity contribution is -0.113. The zero-order valence-electron chi connectivity index (χ0n) is 7.21. The molecule has 11 heavy (non-hydrogen) atoms. The molecule has 0 bridgehead atoms. The molecule has 0 radical (unpaired) electrons. The van der Waals surface area contributed by atoms with Crippen LogP contribution in [-0.4, -0.2) is 31.4 Å². The second-order valence-electron chi connectivity index (χ2n) is 2.16. The van der Waals surface area contributed by atoms with Crippen molar-refractivity contribution in [2.75, 3.05) is 20.6 Å². The number of carbonyl (C=O) groups excluding carboxylic acids is 1. The summed E-state index contributed by atoms with van der Waals surface area (Å²) in [6, 6.07) is 0. The number of likely N-dealkylation sites (N-methyl/N-ethyl adjacent to an activating group) is 1. The third-order valence-electron chi connectivity index (χ3n) is 0.695. The van der Waals surface area contributed by atoms with Crippen LogP contribution in [0.3, 0.4) is 0 Å². The van der Waals surface area contributed by atoms with E-state index in [2.05, 4.69) is 23.8 Å². The molecule has 64 valence electrons. The number of nitrogens with zero attached hydrogens (tertiary/aromatic N) is 1. The molecule has 3 nitrogen and oxygen atoms in total.